The molecule has 174 valence electrons. The predicted octanol–water partition coefficient (Wildman–Crippen LogP) is 6.82. The number of nitrogens with one attached hydrogen (secondary N) is 1. The third-order valence-corrected chi connectivity index (χ3v) is 6.09. The summed E-state index contributed by atoms with van der Waals surface area (Å²) < 4.78 is 22.6. The highest BCUT2D eigenvalue weighted by atomic mass is 79.9. The average Bonchev–Trinajstić information content (AvgIpc) is 3.17. The van der Waals surface area contributed by atoms with Crippen molar-refractivity contribution in [3.05, 3.63) is 124 Å². The van der Waals surface area contributed by atoms with Gasteiger partial charge < -0.3 is 14.6 Å². The van der Waals surface area contributed by atoms with E-state index in [0.29, 0.717) is 30.3 Å². The summed E-state index contributed by atoms with van der Waals surface area (Å²) in [6.07, 6.45) is 3.24. The number of carbonyl (C=O) groups excluding carboxylic acids is 1. The van der Waals surface area contributed by atoms with Gasteiger partial charge in [0.15, 0.2) is 11.4 Å². The Morgan fingerprint density at radius 3 is 2.51 bits per heavy atom. The molecule has 2 aromatic heterocycles. The maximum Gasteiger partial charge on any atom is 0.276 e. The minimum Gasteiger partial charge on any atom is -0.486 e. The summed E-state index contributed by atoms with van der Waals surface area (Å²) in [7, 11) is 0. The van der Waals surface area contributed by atoms with Crippen LogP contribution in [-0.2, 0) is 13.2 Å². The summed E-state index contributed by atoms with van der Waals surface area (Å²) in [5, 5.41) is 3.73. The van der Waals surface area contributed by atoms with Crippen molar-refractivity contribution in [3.8, 4) is 5.75 Å². The summed E-state index contributed by atoms with van der Waals surface area (Å²) in [6.45, 7) is 0.666. The zero-order valence-electron chi connectivity index (χ0n) is 18.6. The fraction of sp³-hybridized carbons (Fsp3) is 0.0714. The van der Waals surface area contributed by atoms with Gasteiger partial charge in [0, 0.05) is 22.6 Å². The zero-order chi connectivity index (χ0) is 24.2. The Morgan fingerprint density at radius 1 is 0.971 bits per heavy atom. The largest absolute Gasteiger partial charge is 0.486 e. The molecule has 0 aliphatic rings. The molecule has 5 aromatic rings. The van der Waals surface area contributed by atoms with Crippen LogP contribution in [0.3, 0.4) is 0 Å². The quantitative estimate of drug-likeness (QED) is 0.251. The number of ether oxygens (including phenoxy) is 1. The van der Waals surface area contributed by atoms with Gasteiger partial charge in [-0.05, 0) is 53.6 Å². The van der Waals surface area contributed by atoms with Crippen LogP contribution in [0.5, 0.6) is 5.75 Å². The summed E-state index contributed by atoms with van der Waals surface area (Å²) in [6, 6.07) is 25.4. The van der Waals surface area contributed by atoms with Crippen LogP contribution in [-0.4, -0.2) is 15.5 Å². The normalized spacial score (nSPS) is 10.9. The SMILES string of the molecule is O=C(Nc1cccnc1)c1c(OCc2ccccc2)c2cc(Br)ccc2n1Cc1ccc(F)cc1. The summed E-state index contributed by atoms with van der Waals surface area (Å²) in [5.74, 6) is -0.152. The van der Waals surface area contributed by atoms with Gasteiger partial charge in [0.2, 0.25) is 0 Å². The first kappa shape index (κ1) is 22.8. The van der Waals surface area contributed by atoms with E-state index in [1.165, 1.54) is 12.1 Å². The Balaban J connectivity index is 1.63. The molecule has 0 fully saturated rings. The third kappa shape index (κ3) is 5.10. The van der Waals surface area contributed by atoms with Crippen molar-refractivity contribution < 1.29 is 13.9 Å². The summed E-state index contributed by atoms with van der Waals surface area (Å²) in [5.41, 5.74) is 3.63. The summed E-state index contributed by atoms with van der Waals surface area (Å²) >= 11 is 3.55. The zero-order valence-corrected chi connectivity index (χ0v) is 20.2. The fourth-order valence-electron chi connectivity index (χ4n) is 3.96. The lowest BCUT2D eigenvalue weighted by Crippen LogP contribution is -2.19. The molecule has 0 saturated carbocycles. The van der Waals surface area contributed by atoms with E-state index in [1.807, 2.05) is 53.1 Å². The van der Waals surface area contributed by atoms with Crippen LogP contribution >= 0.6 is 15.9 Å². The van der Waals surface area contributed by atoms with E-state index in [2.05, 4.69) is 26.2 Å². The van der Waals surface area contributed by atoms with Gasteiger partial charge in [-0.15, -0.1) is 0 Å². The number of pyridine rings is 1. The second-order valence-corrected chi connectivity index (χ2v) is 8.94. The second kappa shape index (κ2) is 10.1. The Morgan fingerprint density at radius 2 is 1.77 bits per heavy atom. The monoisotopic (exact) mass is 529 g/mol. The lowest BCUT2D eigenvalue weighted by Gasteiger charge is -2.13. The molecule has 3 aromatic carbocycles. The van der Waals surface area contributed by atoms with Crippen molar-refractivity contribution in [1.29, 1.82) is 0 Å². The maximum atomic E-state index is 13.7. The van der Waals surface area contributed by atoms with Gasteiger partial charge >= 0.3 is 0 Å². The van der Waals surface area contributed by atoms with Gasteiger partial charge in [0.25, 0.3) is 5.91 Å². The summed E-state index contributed by atoms with van der Waals surface area (Å²) in [4.78, 5) is 17.7. The van der Waals surface area contributed by atoms with Gasteiger partial charge in [0.1, 0.15) is 12.4 Å². The van der Waals surface area contributed by atoms with Crippen molar-refractivity contribution in [3.63, 3.8) is 0 Å². The van der Waals surface area contributed by atoms with Crippen molar-refractivity contribution >= 4 is 38.4 Å². The average molecular weight is 530 g/mol. The molecule has 0 radical (unpaired) electrons. The number of carbonyl (C=O) groups is 1. The molecule has 0 spiro atoms. The fourth-order valence-corrected chi connectivity index (χ4v) is 4.32. The van der Waals surface area contributed by atoms with Gasteiger partial charge in [0.05, 0.1) is 17.4 Å². The third-order valence-electron chi connectivity index (χ3n) is 5.59. The van der Waals surface area contributed by atoms with Gasteiger partial charge in [-0.3, -0.25) is 9.78 Å². The Labute approximate surface area is 210 Å². The molecule has 7 heteroatoms. The van der Waals surface area contributed by atoms with Crippen LogP contribution in [0.1, 0.15) is 21.6 Å². The van der Waals surface area contributed by atoms with E-state index in [1.54, 1.807) is 36.7 Å². The molecule has 0 bridgehead atoms. The van der Waals surface area contributed by atoms with E-state index >= 15 is 0 Å². The highest BCUT2D eigenvalue weighted by molar-refractivity contribution is 9.10. The first-order valence-corrected chi connectivity index (χ1v) is 11.8. The minimum absolute atomic E-state index is 0.302. The van der Waals surface area contributed by atoms with E-state index in [-0.39, 0.29) is 11.7 Å². The smallest absolute Gasteiger partial charge is 0.276 e. The minimum atomic E-state index is -0.324. The lowest BCUT2D eigenvalue weighted by molar-refractivity contribution is 0.101. The van der Waals surface area contributed by atoms with Crippen molar-refractivity contribution in [1.82, 2.24) is 9.55 Å². The van der Waals surface area contributed by atoms with Crippen LogP contribution in [0.2, 0.25) is 0 Å². The van der Waals surface area contributed by atoms with E-state index in [9.17, 15) is 9.18 Å². The number of fused-ring (bicyclic) bond motifs is 1. The molecule has 0 aliphatic heterocycles. The lowest BCUT2D eigenvalue weighted by atomic mass is 10.2. The molecule has 1 N–H and O–H groups in total. The number of halogens is 2. The number of hydrogen-bond acceptors (Lipinski definition) is 3. The standard InChI is InChI=1S/C28H21BrFN3O2/c29-21-10-13-25-24(15-21)27(35-18-20-5-2-1-3-6-20)26(28(34)32-23-7-4-14-31-16-23)33(25)17-19-8-11-22(30)12-9-19/h1-16H,17-18H2,(H,32,34). The second-order valence-electron chi connectivity index (χ2n) is 8.02. The highest BCUT2D eigenvalue weighted by Crippen LogP contribution is 2.37. The predicted molar refractivity (Wildman–Crippen MR) is 138 cm³/mol. The molecule has 0 aliphatic carbocycles. The van der Waals surface area contributed by atoms with Crippen LogP contribution < -0.4 is 10.1 Å². The van der Waals surface area contributed by atoms with Crippen LogP contribution in [0.25, 0.3) is 10.9 Å². The van der Waals surface area contributed by atoms with Gasteiger partial charge in [-0.2, -0.15) is 0 Å². The van der Waals surface area contributed by atoms with E-state index < -0.39 is 0 Å². The number of benzene rings is 3. The van der Waals surface area contributed by atoms with Gasteiger partial charge in [-0.1, -0.05) is 58.4 Å². The Bertz CT molecular complexity index is 1470. The molecule has 0 atom stereocenters. The highest BCUT2D eigenvalue weighted by Gasteiger charge is 2.25. The first-order valence-electron chi connectivity index (χ1n) is 11.0. The van der Waals surface area contributed by atoms with E-state index in [0.717, 1.165) is 26.5 Å². The van der Waals surface area contributed by atoms with E-state index in [4.69, 9.17) is 4.74 Å². The number of rotatable bonds is 7. The first-order chi connectivity index (χ1) is 17.1. The molecular weight excluding hydrogens is 509 g/mol. The number of aromatic nitrogens is 2. The Hall–Kier alpha value is -3.97. The Kier molecular flexibility index (Phi) is 6.59. The van der Waals surface area contributed by atoms with Crippen molar-refractivity contribution in [2.24, 2.45) is 0 Å². The van der Waals surface area contributed by atoms with Crippen molar-refractivity contribution in [2.75, 3.05) is 5.32 Å². The molecular formula is C28H21BrFN3O2. The maximum absolute atomic E-state index is 13.7. The number of nitrogens with zero attached hydrogens (tertiary/aromatic N) is 2. The molecule has 35 heavy (non-hydrogen) atoms. The molecule has 0 saturated heterocycles. The number of anilines is 1. The molecule has 5 rings (SSSR count). The van der Waals surface area contributed by atoms with Crippen LogP contribution in [0.4, 0.5) is 10.1 Å². The van der Waals surface area contributed by atoms with Crippen LogP contribution in [0, 0.1) is 5.82 Å². The van der Waals surface area contributed by atoms with Crippen LogP contribution in [0.15, 0.2) is 102 Å². The topological polar surface area (TPSA) is 56.1 Å². The van der Waals surface area contributed by atoms with Crippen molar-refractivity contribution in [2.45, 2.75) is 13.2 Å². The molecule has 0 unspecified atom stereocenters. The molecule has 1 amide bonds. The number of amides is 1. The number of hydrogen-bond donors (Lipinski definition) is 1. The molecule has 5 nitrogen and oxygen atoms in total. The molecule has 2 heterocycles. The van der Waals surface area contributed by atoms with Gasteiger partial charge in [-0.25, -0.2) is 4.39 Å².